The Morgan fingerprint density at radius 1 is 1.00 bits per heavy atom. The highest BCUT2D eigenvalue weighted by Crippen LogP contribution is 2.16. The van der Waals surface area contributed by atoms with Gasteiger partial charge in [0.15, 0.2) is 0 Å². The van der Waals surface area contributed by atoms with Crippen LogP contribution in [0.15, 0.2) is 48.5 Å². The van der Waals surface area contributed by atoms with Crippen LogP contribution in [0, 0.1) is 5.92 Å². The molecule has 2 aromatic rings. The van der Waals surface area contributed by atoms with Crippen molar-refractivity contribution in [2.24, 2.45) is 5.92 Å². The van der Waals surface area contributed by atoms with Crippen LogP contribution in [-0.2, 0) is 9.53 Å². The van der Waals surface area contributed by atoms with Crippen molar-refractivity contribution in [1.82, 2.24) is 10.6 Å². The molecule has 3 rings (SSSR count). The normalized spacial score (nSPS) is 16.2. The zero-order chi connectivity index (χ0) is 23.8. The number of benzene rings is 2. The molecule has 176 valence electrons. The van der Waals surface area contributed by atoms with Gasteiger partial charge in [-0.3, -0.25) is 9.59 Å². The summed E-state index contributed by atoms with van der Waals surface area (Å²) in [5.41, 5.74) is 1.57. The summed E-state index contributed by atoms with van der Waals surface area (Å²) in [6, 6.07) is 12.2. The summed E-state index contributed by atoms with van der Waals surface area (Å²) < 4.78 is 5.48. The molecule has 1 aliphatic rings. The number of urea groups is 1. The zero-order valence-corrected chi connectivity index (χ0v) is 19.4. The average molecular weight is 473 g/mol. The summed E-state index contributed by atoms with van der Waals surface area (Å²) in [5, 5.41) is 11.7. The van der Waals surface area contributed by atoms with Gasteiger partial charge >= 0.3 is 6.03 Å². The maximum Gasteiger partial charge on any atom is 0.319 e. The molecule has 1 fully saturated rings. The van der Waals surface area contributed by atoms with Gasteiger partial charge in [-0.05, 0) is 67.3 Å². The van der Waals surface area contributed by atoms with Gasteiger partial charge in [0.05, 0.1) is 6.10 Å². The molecule has 0 bridgehead atoms. The molecule has 1 heterocycles. The summed E-state index contributed by atoms with van der Waals surface area (Å²) in [7, 11) is 0. The summed E-state index contributed by atoms with van der Waals surface area (Å²) in [4.78, 5) is 37.4. The summed E-state index contributed by atoms with van der Waals surface area (Å²) in [6.45, 7) is 4.92. The number of halogens is 1. The average Bonchev–Trinajstić information content (AvgIpc) is 3.31. The molecule has 33 heavy (non-hydrogen) atoms. The van der Waals surface area contributed by atoms with Crippen LogP contribution in [-0.4, -0.2) is 43.1 Å². The van der Waals surface area contributed by atoms with E-state index < -0.39 is 6.04 Å². The van der Waals surface area contributed by atoms with E-state index in [9.17, 15) is 14.4 Å². The van der Waals surface area contributed by atoms with E-state index in [2.05, 4.69) is 21.3 Å². The third-order valence-corrected chi connectivity index (χ3v) is 5.52. The van der Waals surface area contributed by atoms with Crippen molar-refractivity contribution in [3.8, 4) is 0 Å². The highest BCUT2D eigenvalue weighted by Gasteiger charge is 2.25. The molecule has 8 nitrogen and oxygen atoms in total. The molecule has 2 atom stereocenters. The lowest BCUT2D eigenvalue weighted by atomic mass is 10.0. The lowest BCUT2D eigenvalue weighted by molar-refractivity contribution is -0.118. The molecular weight excluding hydrogens is 444 g/mol. The first kappa shape index (κ1) is 24.5. The van der Waals surface area contributed by atoms with Gasteiger partial charge in [0, 0.05) is 35.1 Å². The number of hydrogen-bond acceptors (Lipinski definition) is 4. The van der Waals surface area contributed by atoms with Gasteiger partial charge in [0.2, 0.25) is 5.91 Å². The number of nitrogens with one attached hydrogen (secondary N) is 4. The van der Waals surface area contributed by atoms with Gasteiger partial charge in [0.25, 0.3) is 5.91 Å². The van der Waals surface area contributed by atoms with Gasteiger partial charge < -0.3 is 26.0 Å². The lowest BCUT2D eigenvalue weighted by Gasteiger charge is -2.22. The van der Waals surface area contributed by atoms with Crippen LogP contribution in [0.3, 0.4) is 0 Å². The minimum absolute atomic E-state index is 0.0717. The first-order chi connectivity index (χ1) is 15.8. The van der Waals surface area contributed by atoms with Crippen molar-refractivity contribution in [2.45, 2.75) is 38.8 Å². The van der Waals surface area contributed by atoms with Crippen molar-refractivity contribution in [2.75, 3.05) is 23.8 Å². The standard InChI is InChI=1S/C24H29ClN4O4/c1-15(2)21(29-22(30)16-5-7-17(25)8-6-16)23(31)27-18-9-11-19(12-10-18)28-24(32)26-14-20-4-3-13-33-20/h5-12,15,20-21H,3-4,13-14H2,1-2H3,(H,27,31)(H,29,30)(H2,26,28,32). The molecule has 2 aromatic carbocycles. The van der Waals surface area contributed by atoms with Crippen molar-refractivity contribution in [3.05, 3.63) is 59.1 Å². The second-order valence-electron chi connectivity index (χ2n) is 8.24. The SMILES string of the molecule is CC(C)C(NC(=O)c1ccc(Cl)cc1)C(=O)Nc1ccc(NC(=O)NCC2CCCO2)cc1. The third kappa shape index (κ3) is 7.47. The monoisotopic (exact) mass is 472 g/mol. The predicted molar refractivity (Wildman–Crippen MR) is 129 cm³/mol. The van der Waals surface area contributed by atoms with Gasteiger partial charge in [-0.25, -0.2) is 4.79 Å². The zero-order valence-electron chi connectivity index (χ0n) is 18.7. The number of carbonyl (C=O) groups excluding carboxylic acids is 3. The number of carbonyl (C=O) groups is 3. The molecule has 2 unspecified atom stereocenters. The molecular formula is C24H29ClN4O4. The molecule has 4 amide bonds. The summed E-state index contributed by atoms with van der Waals surface area (Å²) in [6.07, 6.45) is 2.04. The number of rotatable bonds is 8. The Balaban J connectivity index is 1.52. The van der Waals surface area contributed by atoms with Crippen molar-refractivity contribution in [3.63, 3.8) is 0 Å². The smallest absolute Gasteiger partial charge is 0.319 e. The summed E-state index contributed by atoms with van der Waals surface area (Å²) in [5.74, 6) is -0.814. The fourth-order valence-electron chi connectivity index (χ4n) is 3.40. The van der Waals surface area contributed by atoms with Gasteiger partial charge in [-0.2, -0.15) is 0 Å². The molecule has 4 N–H and O–H groups in total. The van der Waals surface area contributed by atoms with Crippen LogP contribution in [0.5, 0.6) is 0 Å². The van der Waals surface area contributed by atoms with E-state index in [1.54, 1.807) is 48.5 Å². The predicted octanol–water partition coefficient (Wildman–Crippen LogP) is 4.03. The van der Waals surface area contributed by atoms with E-state index in [1.807, 2.05) is 13.8 Å². The Hall–Kier alpha value is -3.10. The number of amides is 4. The quantitative estimate of drug-likeness (QED) is 0.465. The minimum atomic E-state index is -0.727. The lowest BCUT2D eigenvalue weighted by Crippen LogP contribution is -2.47. The molecule has 0 radical (unpaired) electrons. The molecule has 1 aliphatic heterocycles. The third-order valence-electron chi connectivity index (χ3n) is 5.27. The maximum absolute atomic E-state index is 12.8. The van der Waals surface area contributed by atoms with E-state index >= 15 is 0 Å². The van der Waals surface area contributed by atoms with E-state index in [1.165, 1.54) is 0 Å². The van der Waals surface area contributed by atoms with Gasteiger partial charge in [-0.15, -0.1) is 0 Å². The molecule has 0 spiro atoms. The Kier molecular flexibility index (Phi) is 8.68. The number of hydrogen-bond donors (Lipinski definition) is 4. The first-order valence-electron chi connectivity index (χ1n) is 11.0. The topological polar surface area (TPSA) is 109 Å². The van der Waals surface area contributed by atoms with Crippen LogP contribution in [0.4, 0.5) is 16.2 Å². The Morgan fingerprint density at radius 3 is 2.21 bits per heavy atom. The van der Waals surface area contributed by atoms with Crippen LogP contribution < -0.4 is 21.3 Å². The van der Waals surface area contributed by atoms with Crippen LogP contribution >= 0.6 is 11.6 Å². The summed E-state index contributed by atoms with van der Waals surface area (Å²) >= 11 is 5.87. The fourth-order valence-corrected chi connectivity index (χ4v) is 3.53. The Bertz CT molecular complexity index is 957. The largest absolute Gasteiger partial charge is 0.376 e. The van der Waals surface area contributed by atoms with Gasteiger partial charge in [0.1, 0.15) is 6.04 Å². The van der Waals surface area contributed by atoms with E-state index in [0.29, 0.717) is 28.5 Å². The van der Waals surface area contributed by atoms with Crippen molar-refractivity contribution in [1.29, 1.82) is 0 Å². The van der Waals surface area contributed by atoms with E-state index in [0.717, 1.165) is 19.4 Å². The van der Waals surface area contributed by atoms with Gasteiger partial charge in [-0.1, -0.05) is 25.4 Å². The highest BCUT2D eigenvalue weighted by molar-refractivity contribution is 6.30. The first-order valence-corrected chi connectivity index (χ1v) is 11.3. The molecule has 0 aromatic heterocycles. The van der Waals surface area contributed by atoms with Crippen molar-refractivity contribution < 1.29 is 19.1 Å². The second kappa shape index (κ2) is 11.7. The molecule has 9 heteroatoms. The molecule has 0 aliphatic carbocycles. The van der Waals surface area contributed by atoms with E-state index in [-0.39, 0.29) is 29.9 Å². The number of anilines is 2. The fraction of sp³-hybridized carbons (Fsp3) is 0.375. The molecule has 1 saturated heterocycles. The van der Waals surface area contributed by atoms with Crippen LogP contribution in [0.1, 0.15) is 37.0 Å². The number of ether oxygens (including phenoxy) is 1. The molecule has 0 saturated carbocycles. The van der Waals surface area contributed by atoms with Crippen molar-refractivity contribution >= 4 is 40.8 Å². The van der Waals surface area contributed by atoms with E-state index in [4.69, 9.17) is 16.3 Å². The second-order valence-corrected chi connectivity index (χ2v) is 8.68. The minimum Gasteiger partial charge on any atom is -0.376 e. The Morgan fingerprint density at radius 2 is 1.64 bits per heavy atom. The van der Waals surface area contributed by atoms with Crippen LogP contribution in [0.25, 0.3) is 0 Å². The Labute approximate surface area is 198 Å². The highest BCUT2D eigenvalue weighted by atomic mass is 35.5. The maximum atomic E-state index is 12.8. The van der Waals surface area contributed by atoms with Crippen LogP contribution in [0.2, 0.25) is 5.02 Å².